The maximum Gasteiger partial charge on any atom is 0.235 e. The topological polar surface area (TPSA) is 123 Å². The number of nitrogens with one attached hydrogen (secondary N) is 1. The van der Waals surface area contributed by atoms with E-state index in [9.17, 15) is 8.42 Å². The van der Waals surface area contributed by atoms with Crippen molar-refractivity contribution in [2.45, 2.75) is 19.9 Å². The van der Waals surface area contributed by atoms with Gasteiger partial charge in [0, 0.05) is 6.04 Å². The van der Waals surface area contributed by atoms with Gasteiger partial charge in [0.1, 0.15) is 0 Å². The molecule has 0 bridgehead atoms. The maximum absolute atomic E-state index is 10.9. The van der Waals surface area contributed by atoms with E-state index >= 15 is 0 Å². The lowest BCUT2D eigenvalue weighted by molar-refractivity contribution is 0.598. The third-order valence-corrected chi connectivity index (χ3v) is 1.45. The molecular formula is C6H15N5O2S. The van der Waals surface area contributed by atoms with Crippen molar-refractivity contribution in [3.05, 3.63) is 0 Å². The van der Waals surface area contributed by atoms with Crippen molar-refractivity contribution >= 4 is 21.9 Å². The highest BCUT2D eigenvalue weighted by atomic mass is 32.2. The molecule has 0 saturated carbocycles. The third kappa shape index (κ3) is 7.35. The Kier molecular flexibility index (Phi) is 4.35. The van der Waals surface area contributed by atoms with E-state index in [2.05, 4.69) is 14.7 Å². The zero-order valence-electron chi connectivity index (χ0n) is 8.35. The summed E-state index contributed by atoms with van der Waals surface area (Å²) in [5.74, 6) is -0.358. The van der Waals surface area contributed by atoms with Crippen LogP contribution in [0.1, 0.15) is 13.8 Å². The van der Waals surface area contributed by atoms with Gasteiger partial charge in [-0.2, -0.15) is 4.99 Å². The number of guanidine groups is 2. The van der Waals surface area contributed by atoms with Gasteiger partial charge in [-0.15, -0.1) is 0 Å². The molecule has 0 saturated heterocycles. The first-order valence-electron chi connectivity index (χ1n) is 3.86. The summed E-state index contributed by atoms with van der Waals surface area (Å²) in [4.78, 5) is 7.42. The number of sulfonamides is 1. The fourth-order valence-electron chi connectivity index (χ4n) is 0.611. The van der Waals surface area contributed by atoms with Crippen LogP contribution in [0.25, 0.3) is 0 Å². The van der Waals surface area contributed by atoms with Gasteiger partial charge in [0.2, 0.25) is 16.0 Å². The molecule has 0 aromatic heterocycles. The van der Waals surface area contributed by atoms with Crippen molar-refractivity contribution in [2.75, 3.05) is 6.26 Å². The first-order valence-corrected chi connectivity index (χ1v) is 5.75. The molecule has 0 aromatic carbocycles. The number of nitrogens with zero attached hydrogens (tertiary/aromatic N) is 2. The minimum Gasteiger partial charge on any atom is -0.370 e. The quantitative estimate of drug-likeness (QED) is 0.391. The summed E-state index contributed by atoms with van der Waals surface area (Å²) in [6.45, 7) is 3.54. The number of rotatable bonds is 2. The van der Waals surface area contributed by atoms with Crippen molar-refractivity contribution in [2.24, 2.45) is 21.5 Å². The predicted molar refractivity (Wildman–Crippen MR) is 56.4 cm³/mol. The van der Waals surface area contributed by atoms with Gasteiger partial charge in [0.15, 0.2) is 5.96 Å². The molecule has 0 aliphatic heterocycles. The Bertz CT molecular complexity index is 339. The molecule has 0 radical (unpaired) electrons. The standard InChI is InChI=1S/C6H15N5O2S/c1-4(2)9-6(10-5(7)8)11-14(3,12)13/h4H,1-3H3,(H5,7,8,9,10,11). The Hall–Kier alpha value is -1.31. The lowest BCUT2D eigenvalue weighted by Gasteiger charge is -2.04. The van der Waals surface area contributed by atoms with Crippen LogP contribution in [0, 0.1) is 0 Å². The Morgan fingerprint density at radius 1 is 1.36 bits per heavy atom. The van der Waals surface area contributed by atoms with Crippen LogP contribution >= 0.6 is 0 Å². The van der Waals surface area contributed by atoms with Crippen LogP contribution in [0.5, 0.6) is 0 Å². The maximum atomic E-state index is 10.9. The van der Waals surface area contributed by atoms with Gasteiger partial charge in [-0.1, -0.05) is 0 Å². The van der Waals surface area contributed by atoms with E-state index in [4.69, 9.17) is 11.5 Å². The summed E-state index contributed by atoms with van der Waals surface area (Å²) < 4.78 is 23.8. The van der Waals surface area contributed by atoms with Crippen LogP contribution in [0.2, 0.25) is 0 Å². The summed E-state index contributed by atoms with van der Waals surface area (Å²) in [5.41, 5.74) is 10.2. The molecule has 0 spiro atoms. The summed E-state index contributed by atoms with van der Waals surface area (Å²) in [6, 6.07) is -0.109. The zero-order chi connectivity index (χ0) is 11.4. The van der Waals surface area contributed by atoms with Gasteiger partial charge in [-0.25, -0.2) is 13.4 Å². The van der Waals surface area contributed by atoms with Gasteiger partial charge < -0.3 is 11.5 Å². The van der Waals surface area contributed by atoms with Gasteiger partial charge in [-0.3, -0.25) is 4.72 Å². The predicted octanol–water partition coefficient (Wildman–Crippen LogP) is -1.43. The molecule has 0 aliphatic carbocycles. The molecule has 7 nitrogen and oxygen atoms in total. The van der Waals surface area contributed by atoms with E-state index < -0.39 is 10.0 Å². The largest absolute Gasteiger partial charge is 0.370 e. The van der Waals surface area contributed by atoms with E-state index in [0.29, 0.717) is 0 Å². The summed E-state index contributed by atoms with van der Waals surface area (Å²) in [7, 11) is -3.41. The first-order chi connectivity index (χ1) is 6.20. The molecule has 0 atom stereocenters. The van der Waals surface area contributed by atoms with Crippen LogP contribution in [-0.2, 0) is 10.0 Å². The Morgan fingerprint density at radius 2 is 1.86 bits per heavy atom. The summed E-state index contributed by atoms with van der Waals surface area (Å²) >= 11 is 0. The van der Waals surface area contributed by atoms with Crippen molar-refractivity contribution in [1.29, 1.82) is 0 Å². The SMILES string of the molecule is CC(C)N=C(N=C(N)N)NS(C)(=O)=O. The number of aliphatic imine (C=N–C) groups is 2. The Labute approximate surface area is 83.3 Å². The molecule has 0 heterocycles. The fraction of sp³-hybridized carbons (Fsp3) is 0.667. The molecule has 5 N–H and O–H groups in total. The Balaban J connectivity index is 4.85. The molecule has 82 valence electrons. The van der Waals surface area contributed by atoms with Crippen LogP contribution in [0.3, 0.4) is 0 Å². The van der Waals surface area contributed by atoms with Crippen molar-refractivity contribution in [3.8, 4) is 0 Å². The van der Waals surface area contributed by atoms with Crippen molar-refractivity contribution in [1.82, 2.24) is 4.72 Å². The number of hydrogen-bond donors (Lipinski definition) is 3. The second kappa shape index (κ2) is 4.80. The van der Waals surface area contributed by atoms with E-state index in [1.807, 2.05) is 0 Å². The average molecular weight is 221 g/mol. The van der Waals surface area contributed by atoms with E-state index in [1.165, 1.54) is 0 Å². The van der Waals surface area contributed by atoms with Crippen LogP contribution < -0.4 is 16.2 Å². The molecule has 0 amide bonds. The van der Waals surface area contributed by atoms with Gasteiger partial charge in [0.05, 0.1) is 6.26 Å². The smallest absolute Gasteiger partial charge is 0.235 e. The lowest BCUT2D eigenvalue weighted by Crippen LogP contribution is -2.33. The minimum absolute atomic E-state index is 0.109. The van der Waals surface area contributed by atoms with E-state index in [1.54, 1.807) is 13.8 Å². The fourth-order valence-corrected chi connectivity index (χ4v) is 1.04. The molecule has 0 fully saturated rings. The van der Waals surface area contributed by atoms with Crippen LogP contribution in [0.15, 0.2) is 9.98 Å². The summed E-state index contributed by atoms with van der Waals surface area (Å²) in [5, 5.41) is 0. The number of hydrogen-bond acceptors (Lipinski definition) is 3. The molecule has 0 aromatic rings. The van der Waals surface area contributed by atoms with Crippen LogP contribution in [-0.4, -0.2) is 32.6 Å². The second-order valence-electron chi connectivity index (χ2n) is 2.96. The normalized spacial score (nSPS) is 12.7. The van der Waals surface area contributed by atoms with Gasteiger partial charge in [0.25, 0.3) is 0 Å². The molecule has 0 rings (SSSR count). The van der Waals surface area contributed by atoms with E-state index in [-0.39, 0.29) is 18.0 Å². The molecular weight excluding hydrogens is 206 g/mol. The molecule has 8 heteroatoms. The highest BCUT2D eigenvalue weighted by molar-refractivity contribution is 7.89. The highest BCUT2D eigenvalue weighted by Crippen LogP contribution is 1.89. The number of nitrogens with two attached hydrogens (primary N) is 2. The minimum atomic E-state index is -3.41. The highest BCUT2D eigenvalue weighted by Gasteiger charge is 2.06. The van der Waals surface area contributed by atoms with Crippen molar-refractivity contribution < 1.29 is 8.42 Å². The zero-order valence-corrected chi connectivity index (χ0v) is 9.17. The molecule has 14 heavy (non-hydrogen) atoms. The Morgan fingerprint density at radius 3 is 2.14 bits per heavy atom. The molecule has 0 unspecified atom stereocenters. The van der Waals surface area contributed by atoms with Crippen molar-refractivity contribution in [3.63, 3.8) is 0 Å². The van der Waals surface area contributed by atoms with Gasteiger partial charge in [-0.05, 0) is 13.8 Å². The first kappa shape index (κ1) is 12.7. The van der Waals surface area contributed by atoms with E-state index in [0.717, 1.165) is 6.26 Å². The monoisotopic (exact) mass is 221 g/mol. The lowest BCUT2D eigenvalue weighted by atomic mass is 10.4. The van der Waals surface area contributed by atoms with Gasteiger partial charge >= 0.3 is 0 Å². The third-order valence-electron chi connectivity index (χ3n) is 0.892. The van der Waals surface area contributed by atoms with Crippen LogP contribution in [0.4, 0.5) is 0 Å². The summed E-state index contributed by atoms with van der Waals surface area (Å²) in [6.07, 6.45) is 0.991. The second-order valence-corrected chi connectivity index (χ2v) is 4.71. The average Bonchev–Trinajstić information content (AvgIpc) is 1.77. The molecule has 0 aliphatic rings.